The van der Waals surface area contributed by atoms with E-state index in [9.17, 15) is 18.0 Å². The van der Waals surface area contributed by atoms with Crippen molar-refractivity contribution in [1.82, 2.24) is 10.3 Å². The van der Waals surface area contributed by atoms with Crippen LogP contribution >= 0.6 is 0 Å². The Hall–Kier alpha value is -3.59. The van der Waals surface area contributed by atoms with Crippen LogP contribution in [0.15, 0.2) is 48.7 Å². The van der Waals surface area contributed by atoms with E-state index >= 15 is 0 Å². The number of ether oxygens (including phenoxy) is 1. The number of carbonyl (C=O) groups is 1. The van der Waals surface area contributed by atoms with Crippen molar-refractivity contribution in [2.24, 2.45) is 5.92 Å². The second kappa shape index (κ2) is 9.70. The summed E-state index contributed by atoms with van der Waals surface area (Å²) in [5, 5.41) is 2.81. The minimum absolute atomic E-state index is 0.118. The van der Waals surface area contributed by atoms with Gasteiger partial charge in [-0.1, -0.05) is 32.0 Å². The average Bonchev–Trinajstić information content (AvgIpc) is 2.88. The maximum absolute atomic E-state index is 14.2. The summed E-state index contributed by atoms with van der Waals surface area (Å²) in [5.74, 6) is 0.353. The molecule has 3 heterocycles. The van der Waals surface area contributed by atoms with Crippen LogP contribution in [0.1, 0.15) is 35.3 Å². The van der Waals surface area contributed by atoms with Crippen LogP contribution in [0.2, 0.25) is 0 Å². The van der Waals surface area contributed by atoms with Crippen LogP contribution in [0.4, 0.5) is 24.7 Å². The number of halogens is 3. The number of pyridine rings is 1. The number of hydrogen-bond acceptors (Lipinski definition) is 5. The Morgan fingerprint density at radius 1 is 1.08 bits per heavy atom. The van der Waals surface area contributed by atoms with Gasteiger partial charge in [-0.05, 0) is 53.3 Å². The van der Waals surface area contributed by atoms with Gasteiger partial charge in [-0.2, -0.15) is 13.2 Å². The number of nitrogens with one attached hydrogen (secondary N) is 1. The number of nitrogen functional groups attached to an aromatic ring is 1. The fourth-order valence-electron chi connectivity index (χ4n) is 4.98. The first-order chi connectivity index (χ1) is 17.6. The van der Waals surface area contributed by atoms with Gasteiger partial charge in [0.2, 0.25) is 0 Å². The molecule has 0 bridgehead atoms. The van der Waals surface area contributed by atoms with E-state index < -0.39 is 11.7 Å². The van der Waals surface area contributed by atoms with Crippen LogP contribution in [0.3, 0.4) is 0 Å². The van der Waals surface area contributed by atoms with Crippen LogP contribution in [0, 0.1) is 5.92 Å². The number of aromatic nitrogens is 1. The van der Waals surface area contributed by atoms with E-state index in [1.165, 1.54) is 18.3 Å². The van der Waals surface area contributed by atoms with Crippen LogP contribution < -0.4 is 16.0 Å². The number of fused-ring (bicyclic) bond motifs is 1. The van der Waals surface area contributed by atoms with Gasteiger partial charge in [0.05, 0.1) is 18.3 Å². The summed E-state index contributed by atoms with van der Waals surface area (Å²) < 4.78 is 48.4. The van der Waals surface area contributed by atoms with Crippen molar-refractivity contribution >= 4 is 17.4 Å². The Bertz CT molecular complexity index is 1340. The summed E-state index contributed by atoms with van der Waals surface area (Å²) in [4.78, 5) is 18.1. The van der Waals surface area contributed by atoms with Gasteiger partial charge in [0.1, 0.15) is 5.82 Å². The molecule has 5 rings (SSSR count). The molecule has 1 saturated heterocycles. The number of anilines is 2. The Morgan fingerprint density at radius 2 is 1.86 bits per heavy atom. The number of carbonyl (C=O) groups excluding carboxylic acids is 1. The predicted octanol–water partition coefficient (Wildman–Crippen LogP) is 5.16. The summed E-state index contributed by atoms with van der Waals surface area (Å²) in [6, 6.07) is 11.6. The monoisotopic (exact) mass is 510 g/mol. The topological polar surface area (TPSA) is 80.5 Å². The van der Waals surface area contributed by atoms with Gasteiger partial charge in [-0.15, -0.1) is 0 Å². The second-order valence-electron chi connectivity index (χ2n) is 9.86. The molecule has 2 aliphatic heterocycles. The molecule has 2 aromatic carbocycles. The molecule has 1 fully saturated rings. The molecule has 1 atom stereocenters. The van der Waals surface area contributed by atoms with E-state index in [-0.39, 0.29) is 29.4 Å². The SMILES string of the molecule is CC(C)[C@H]1CN(c2ccc(-c3cnc(N)c(-c4ccc5c(c4)CCNC5=O)c3)cc2C(F)(F)F)CCO1. The van der Waals surface area contributed by atoms with Crippen LogP contribution in [0.25, 0.3) is 22.3 Å². The molecular weight excluding hydrogens is 481 g/mol. The molecule has 1 aromatic heterocycles. The molecule has 194 valence electrons. The molecule has 0 aliphatic carbocycles. The molecule has 3 N–H and O–H groups in total. The van der Waals surface area contributed by atoms with Gasteiger partial charge in [0.15, 0.2) is 0 Å². The molecule has 37 heavy (non-hydrogen) atoms. The van der Waals surface area contributed by atoms with Crippen molar-refractivity contribution in [1.29, 1.82) is 0 Å². The van der Waals surface area contributed by atoms with Crippen molar-refractivity contribution in [2.75, 3.05) is 36.9 Å². The lowest BCUT2D eigenvalue weighted by atomic mass is 9.93. The van der Waals surface area contributed by atoms with Gasteiger partial charge in [0, 0.05) is 48.2 Å². The zero-order valence-electron chi connectivity index (χ0n) is 20.7. The molecule has 1 amide bonds. The highest BCUT2D eigenvalue weighted by Crippen LogP contribution is 2.41. The van der Waals surface area contributed by atoms with Gasteiger partial charge >= 0.3 is 6.18 Å². The first-order valence-corrected chi connectivity index (χ1v) is 12.4. The Labute approximate surface area is 213 Å². The minimum atomic E-state index is -4.53. The van der Waals surface area contributed by atoms with E-state index in [1.54, 1.807) is 29.2 Å². The number of morpholine rings is 1. The molecule has 2 aliphatic rings. The molecule has 0 radical (unpaired) electrons. The van der Waals surface area contributed by atoms with Crippen molar-refractivity contribution in [3.05, 3.63) is 65.4 Å². The van der Waals surface area contributed by atoms with Gasteiger partial charge in [-0.3, -0.25) is 4.79 Å². The number of benzene rings is 2. The number of hydrogen-bond donors (Lipinski definition) is 2. The first kappa shape index (κ1) is 25.1. The summed E-state index contributed by atoms with van der Waals surface area (Å²) in [6.45, 7) is 5.75. The van der Waals surface area contributed by atoms with Gasteiger partial charge < -0.3 is 20.7 Å². The third-order valence-corrected chi connectivity index (χ3v) is 7.07. The molecule has 9 heteroatoms. The summed E-state index contributed by atoms with van der Waals surface area (Å²) in [5.41, 5.74) is 9.46. The second-order valence-corrected chi connectivity index (χ2v) is 9.86. The maximum atomic E-state index is 14.2. The number of nitrogens with zero attached hydrogens (tertiary/aromatic N) is 2. The van der Waals surface area contributed by atoms with E-state index in [0.29, 0.717) is 54.9 Å². The van der Waals surface area contributed by atoms with E-state index in [4.69, 9.17) is 10.5 Å². The standard InChI is InChI=1S/C28H29F3N4O2/c1-16(2)25-15-35(9-10-37-25)24-6-4-17(13-23(24)28(29,30)31)20-12-22(26(32)34-14-20)18-3-5-21-19(11-18)7-8-33-27(21)36/h3-6,11-14,16,25H,7-10,15H2,1-2H3,(H2,32,34)(H,33,36)/t25-/m1/s1. The fraction of sp³-hybridized carbons (Fsp3) is 0.357. The number of alkyl halides is 3. The van der Waals surface area contributed by atoms with Crippen LogP contribution in [0.5, 0.6) is 0 Å². The van der Waals surface area contributed by atoms with Crippen molar-refractivity contribution in [2.45, 2.75) is 32.5 Å². The first-order valence-electron chi connectivity index (χ1n) is 12.4. The molecule has 0 saturated carbocycles. The zero-order chi connectivity index (χ0) is 26.3. The third kappa shape index (κ3) is 5.00. The van der Waals surface area contributed by atoms with Crippen molar-refractivity contribution < 1.29 is 22.7 Å². The minimum Gasteiger partial charge on any atom is -0.383 e. The molecule has 0 spiro atoms. The molecular formula is C28H29F3N4O2. The molecule has 3 aromatic rings. The Morgan fingerprint density at radius 3 is 2.62 bits per heavy atom. The number of rotatable bonds is 4. The third-order valence-electron chi connectivity index (χ3n) is 7.07. The lowest BCUT2D eigenvalue weighted by Gasteiger charge is -2.37. The smallest absolute Gasteiger partial charge is 0.383 e. The Balaban J connectivity index is 1.52. The van der Waals surface area contributed by atoms with E-state index in [0.717, 1.165) is 11.1 Å². The molecule has 6 nitrogen and oxygen atoms in total. The number of amides is 1. The lowest BCUT2D eigenvalue weighted by molar-refractivity contribution is -0.137. The summed E-state index contributed by atoms with van der Waals surface area (Å²) >= 11 is 0. The van der Waals surface area contributed by atoms with Crippen LogP contribution in [-0.2, 0) is 17.3 Å². The predicted molar refractivity (Wildman–Crippen MR) is 137 cm³/mol. The quantitative estimate of drug-likeness (QED) is 0.507. The van der Waals surface area contributed by atoms with E-state index in [1.807, 2.05) is 19.9 Å². The van der Waals surface area contributed by atoms with Crippen molar-refractivity contribution in [3.63, 3.8) is 0 Å². The maximum Gasteiger partial charge on any atom is 0.418 e. The number of nitrogens with two attached hydrogens (primary N) is 1. The largest absolute Gasteiger partial charge is 0.418 e. The fourth-order valence-corrected chi connectivity index (χ4v) is 4.98. The summed E-state index contributed by atoms with van der Waals surface area (Å²) in [7, 11) is 0. The highest BCUT2D eigenvalue weighted by Gasteiger charge is 2.36. The lowest BCUT2D eigenvalue weighted by Crippen LogP contribution is -2.45. The van der Waals surface area contributed by atoms with Crippen LogP contribution in [-0.4, -0.2) is 43.2 Å². The Kier molecular flexibility index (Phi) is 6.58. The highest BCUT2D eigenvalue weighted by molar-refractivity contribution is 5.97. The summed E-state index contributed by atoms with van der Waals surface area (Å²) in [6.07, 6.45) is -2.47. The van der Waals surface area contributed by atoms with Crippen molar-refractivity contribution in [3.8, 4) is 22.3 Å². The molecule has 0 unspecified atom stereocenters. The van der Waals surface area contributed by atoms with E-state index in [2.05, 4.69) is 10.3 Å². The highest BCUT2D eigenvalue weighted by atomic mass is 19.4. The normalized spacial score (nSPS) is 18.1. The zero-order valence-corrected chi connectivity index (χ0v) is 20.7. The average molecular weight is 511 g/mol. The van der Waals surface area contributed by atoms with Gasteiger partial charge in [-0.25, -0.2) is 4.98 Å². The van der Waals surface area contributed by atoms with Gasteiger partial charge in [0.25, 0.3) is 5.91 Å².